The first-order chi connectivity index (χ1) is 4.43. The minimum Gasteiger partial charge on any atom is -0.432 e. The molecule has 0 aliphatic heterocycles. The molecule has 1 N–H and O–H groups in total. The van der Waals surface area contributed by atoms with E-state index in [1.54, 1.807) is 0 Å². The second kappa shape index (κ2) is 3.18. The van der Waals surface area contributed by atoms with Gasteiger partial charge >= 0.3 is 0 Å². The van der Waals surface area contributed by atoms with Crippen LogP contribution in [0.15, 0.2) is 30.3 Å². The summed E-state index contributed by atoms with van der Waals surface area (Å²) in [5, 5.41) is 3.08. The lowest BCUT2D eigenvalue weighted by Gasteiger charge is -1.98. The first-order valence-corrected chi connectivity index (χ1v) is 3.03. The van der Waals surface area contributed by atoms with Crippen molar-refractivity contribution >= 4 is 13.1 Å². The fourth-order valence-electron chi connectivity index (χ4n) is 0.701. The molecule has 2 heteroatoms. The Bertz CT molecular complexity index is 162. The van der Waals surface area contributed by atoms with Crippen molar-refractivity contribution in [2.75, 3.05) is 5.23 Å². The zero-order valence-electron chi connectivity index (χ0n) is 5.46. The van der Waals surface area contributed by atoms with Crippen molar-refractivity contribution in [3.63, 3.8) is 0 Å². The van der Waals surface area contributed by atoms with Crippen LogP contribution in [0.3, 0.4) is 0 Å². The second-order valence-electron chi connectivity index (χ2n) is 1.80. The minimum absolute atomic E-state index is 1.14. The van der Waals surface area contributed by atoms with Crippen LogP contribution in [0.25, 0.3) is 0 Å². The second-order valence-corrected chi connectivity index (χ2v) is 1.80. The van der Waals surface area contributed by atoms with Crippen LogP contribution in [-0.4, -0.2) is 7.41 Å². The summed E-state index contributed by atoms with van der Waals surface area (Å²) in [5.41, 5.74) is 1.14. The molecule has 0 saturated carbocycles. The van der Waals surface area contributed by atoms with Gasteiger partial charge in [-0.3, -0.25) is 0 Å². The number of benzene rings is 1. The number of anilines is 1. The van der Waals surface area contributed by atoms with E-state index in [2.05, 4.69) is 5.23 Å². The van der Waals surface area contributed by atoms with Gasteiger partial charge in [-0.1, -0.05) is 25.0 Å². The Kier molecular flexibility index (Phi) is 2.19. The van der Waals surface area contributed by atoms with Gasteiger partial charge in [0.05, 0.1) is 0 Å². The van der Waals surface area contributed by atoms with E-state index in [4.69, 9.17) is 0 Å². The van der Waals surface area contributed by atoms with Crippen LogP contribution >= 0.6 is 0 Å². The molecule has 45 valence electrons. The predicted molar refractivity (Wildman–Crippen MR) is 41.7 cm³/mol. The van der Waals surface area contributed by atoms with Crippen molar-refractivity contribution < 1.29 is 0 Å². The van der Waals surface area contributed by atoms with E-state index in [0.29, 0.717) is 0 Å². The van der Waals surface area contributed by atoms with Crippen LogP contribution in [0, 0.1) is 0 Å². The van der Waals surface area contributed by atoms with E-state index in [1.807, 2.05) is 44.6 Å². The fourth-order valence-corrected chi connectivity index (χ4v) is 0.701. The first kappa shape index (κ1) is 6.21. The van der Waals surface area contributed by atoms with Crippen molar-refractivity contribution in [3.8, 4) is 0 Å². The van der Waals surface area contributed by atoms with E-state index in [9.17, 15) is 0 Å². The molecular formula is C7H9BN. The summed E-state index contributed by atoms with van der Waals surface area (Å²) in [6.07, 6.45) is 0. The van der Waals surface area contributed by atoms with Crippen LogP contribution < -0.4 is 5.23 Å². The Morgan fingerprint density at radius 3 is 2.44 bits per heavy atom. The highest BCUT2D eigenvalue weighted by Gasteiger charge is 1.83. The number of hydrogen-bond acceptors (Lipinski definition) is 1. The third kappa shape index (κ3) is 1.80. The molecule has 0 atom stereocenters. The fraction of sp³-hybridized carbons (Fsp3) is 0.143. The molecular weight excluding hydrogens is 109 g/mol. The number of hydrogen-bond donors (Lipinski definition) is 1. The minimum atomic E-state index is 1.14. The van der Waals surface area contributed by atoms with Gasteiger partial charge in [-0.05, 0) is 12.1 Å². The van der Waals surface area contributed by atoms with Gasteiger partial charge in [0.25, 0.3) is 0 Å². The number of para-hydroxylation sites is 1. The molecule has 1 radical (unpaired) electrons. The average Bonchev–Trinajstić information content (AvgIpc) is 1.91. The van der Waals surface area contributed by atoms with Gasteiger partial charge in [-0.25, -0.2) is 0 Å². The third-order valence-corrected chi connectivity index (χ3v) is 1.08. The quantitative estimate of drug-likeness (QED) is 0.583. The van der Waals surface area contributed by atoms with E-state index in [1.165, 1.54) is 0 Å². The Morgan fingerprint density at radius 1 is 1.22 bits per heavy atom. The van der Waals surface area contributed by atoms with Gasteiger partial charge in [-0.2, -0.15) is 0 Å². The van der Waals surface area contributed by atoms with E-state index < -0.39 is 0 Å². The molecule has 0 unspecified atom stereocenters. The molecule has 0 bridgehead atoms. The highest BCUT2D eigenvalue weighted by molar-refractivity contribution is 6.38. The molecule has 0 saturated heterocycles. The third-order valence-electron chi connectivity index (χ3n) is 1.08. The smallest absolute Gasteiger partial charge is 0.239 e. The summed E-state index contributed by atoms with van der Waals surface area (Å²) in [6, 6.07) is 10.1. The molecule has 1 rings (SSSR count). The van der Waals surface area contributed by atoms with Crippen molar-refractivity contribution in [2.45, 2.75) is 6.82 Å². The van der Waals surface area contributed by atoms with Crippen LogP contribution in [0.2, 0.25) is 6.82 Å². The zero-order valence-corrected chi connectivity index (χ0v) is 5.46. The maximum atomic E-state index is 3.08. The van der Waals surface area contributed by atoms with Gasteiger partial charge in [-0.15, -0.1) is 0 Å². The summed E-state index contributed by atoms with van der Waals surface area (Å²) in [7, 11) is 1.91. The van der Waals surface area contributed by atoms with Gasteiger partial charge in [0.2, 0.25) is 7.41 Å². The van der Waals surface area contributed by atoms with Crippen molar-refractivity contribution in [3.05, 3.63) is 30.3 Å². The summed E-state index contributed by atoms with van der Waals surface area (Å²) in [5.74, 6) is 0. The highest BCUT2D eigenvalue weighted by atomic mass is 14.7. The molecule has 0 aromatic heterocycles. The SMILES string of the molecule is C[B]Nc1ccccc1. The van der Waals surface area contributed by atoms with Gasteiger partial charge in [0, 0.05) is 5.69 Å². The summed E-state index contributed by atoms with van der Waals surface area (Å²) in [6.45, 7) is 1.97. The van der Waals surface area contributed by atoms with E-state index in [0.717, 1.165) is 5.69 Å². The number of rotatable bonds is 2. The van der Waals surface area contributed by atoms with E-state index >= 15 is 0 Å². The molecule has 1 aromatic carbocycles. The van der Waals surface area contributed by atoms with Gasteiger partial charge in [0.1, 0.15) is 0 Å². The Labute approximate surface area is 56.4 Å². The largest absolute Gasteiger partial charge is 0.432 e. The molecule has 0 spiro atoms. The van der Waals surface area contributed by atoms with Crippen molar-refractivity contribution in [2.24, 2.45) is 0 Å². The predicted octanol–water partition coefficient (Wildman–Crippen LogP) is 1.77. The van der Waals surface area contributed by atoms with Gasteiger partial charge < -0.3 is 5.23 Å². The first-order valence-electron chi connectivity index (χ1n) is 3.03. The van der Waals surface area contributed by atoms with E-state index in [-0.39, 0.29) is 0 Å². The Morgan fingerprint density at radius 2 is 1.89 bits per heavy atom. The lowest BCUT2D eigenvalue weighted by Crippen LogP contribution is -1.99. The maximum Gasteiger partial charge on any atom is 0.239 e. The monoisotopic (exact) mass is 118 g/mol. The lowest BCUT2D eigenvalue weighted by molar-refractivity contribution is 1.67. The topological polar surface area (TPSA) is 12.0 Å². The summed E-state index contributed by atoms with van der Waals surface area (Å²) < 4.78 is 0. The van der Waals surface area contributed by atoms with Crippen LogP contribution in [0.4, 0.5) is 5.69 Å². The summed E-state index contributed by atoms with van der Waals surface area (Å²) in [4.78, 5) is 0. The molecule has 0 fully saturated rings. The molecule has 0 aliphatic rings. The maximum absolute atomic E-state index is 3.08. The van der Waals surface area contributed by atoms with Crippen molar-refractivity contribution in [1.29, 1.82) is 0 Å². The highest BCUT2D eigenvalue weighted by Crippen LogP contribution is 2.02. The molecule has 0 amide bonds. The summed E-state index contributed by atoms with van der Waals surface area (Å²) >= 11 is 0. The van der Waals surface area contributed by atoms with Gasteiger partial charge in [0.15, 0.2) is 0 Å². The van der Waals surface area contributed by atoms with Crippen LogP contribution in [0.5, 0.6) is 0 Å². The molecule has 1 nitrogen and oxygen atoms in total. The lowest BCUT2D eigenvalue weighted by atomic mass is 10.00. The number of nitrogens with one attached hydrogen (secondary N) is 1. The standard InChI is InChI=1S/C7H9BN/c1-8-9-7-5-3-2-4-6-7/h2-6,9H,1H3. The average molecular weight is 118 g/mol. The van der Waals surface area contributed by atoms with Crippen LogP contribution in [-0.2, 0) is 0 Å². The molecule has 0 heterocycles. The molecule has 0 aliphatic carbocycles. The van der Waals surface area contributed by atoms with Crippen molar-refractivity contribution in [1.82, 2.24) is 0 Å². The zero-order chi connectivity index (χ0) is 6.53. The normalized spacial score (nSPS) is 8.56. The van der Waals surface area contributed by atoms with Crippen LogP contribution in [0.1, 0.15) is 0 Å². The molecule has 1 aromatic rings. The molecule has 9 heavy (non-hydrogen) atoms. The Hall–Kier alpha value is -0.915. The Balaban J connectivity index is 2.61.